The van der Waals surface area contributed by atoms with Crippen molar-refractivity contribution < 1.29 is 14.3 Å². The van der Waals surface area contributed by atoms with Gasteiger partial charge in [-0.25, -0.2) is 9.18 Å². The molecule has 1 aliphatic rings. The van der Waals surface area contributed by atoms with Crippen LogP contribution in [0.3, 0.4) is 0 Å². The molecule has 1 saturated heterocycles. The Kier molecular flexibility index (Phi) is 4.60. The van der Waals surface area contributed by atoms with Gasteiger partial charge in [-0.3, -0.25) is 0 Å². The highest BCUT2D eigenvalue weighted by molar-refractivity contribution is 5.88. The van der Waals surface area contributed by atoms with E-state index in [-0.39, 0.29) is 17.3 Å². The standard InChI is InChI=1S/C15H21FN2O2/c1-10(2)18-7-5-12(6-8-18)17-14-9-11(15(19)20)3-4-13(14)16/h3-4,9-10,12,17H,5-8H2,1-2H3,(H,19,20). The van der Waals surface area contributed by atoms with Gasteiger partial charge in [-0.2, -0.15) is 0 Å². The van der Waals surface area contributed by atoms with E-state index in [9.17, 15) is 9.18 Å². The van der Waals surface area contributed by atoms with Crippen LogP contribution < -0.4 is 5.32 Å². The second-order valence-corrected chi connectivity index (χ2v) is 5.55. The van der Waals surface area contributed by atoms with Crippen molar-refractivity contribution in [3.05, 3.63) is 29.6 Å². The van der Waals surface area contributed by atoms with Crippen molar-refractivity contribution >= 4 is 11.7 Å². The van der Waals surface area contributed by atoms with Crippen molar-refractivity contribution in [1.29, 1.82) is 0 Å². The molecule has 0 aliphatic carbocycles. The summed E-state index contributed by atoms with van der Waals surface area (Å²) in [5.74, 6) is -1.44. The molecule has 1 aliphatic heterocycles. The van der Waals surface area contributed by atoms with Gasteiger partial charge in [-0.05, 0) is 44.9 Å². The van der Waals surface area contributed by atoms with Crippen LogP contribution in [0, 0.1) is 5.82 Å². The lowest BCUT2D eigenvalue weighted by atomic mass is 10.0. The number of carbonyl (C=O) groups is 1. The topological polar surface area (TPSA) is 52.6 Å². The summed E-state index contributed by atoms with van der Waals surface area (Å²) in [5, 5.41) is 12.1. The van der Waals surface area contributed by atoms with Gasteiger partial charge >= 0.3 is 5.97 Å². The summed E-state index contributed by atoms with van der Waals surface area (Å²) in [7, 11) is 0. The molecule has 4 nitrogen and oxygen atoms in total. The number of hydrogen-bond donors (Lipinski definition) is 2. The zero-order valence-corrected chi connectivity index (χ0v) is 11.9. The molecule has 110 valence electrons. The summed E-state index contributed by atoms with van der Waals surface area (Å²) in [6.45, 7) is 6.30. The Morgan fingerprint density at radius 2 is 2.05 bits per heavy atom. The Bertz CT molecular complexity index is 483. The van der Waals surface area contributed by atoms with E-state index in [2.05, 4.69) is 24.1 Å². The number of anilines is 1. The monoisotopic (exact) mass is 280 g/mol. The van der Waals surface area contributed by atoms with Gasteiger partial charge in [0.1, 0.15) is 5.82 Å². The zero-order chi connectivity index (χ0) is 14.7. The molecule has 1 aromatic rings. The number of hydrogen-bond acceptors (Lipinski definition) is 3. The normalized spacial score (nSPS) is 17.4. The number of carboxylic acids is 1. The number of rotatable bonds is 4. The van der Waals surface area contributed by atoms with E-state index in [1.807, 2.05) is 0 Å². The van der Waals surface area contributed by atoms with Crippen LogP contribution in [0.2, 0.25) is 0 Å². The molecule has 1 fully saturated rings. The molecule has 1 aromatic carbocycles. The fraction of sp³-hybridized carbons (Fsp3) is 0.533. The lowest BCUT2D eigenvalue weighted by molar-refractivity contribution is 0.0697. The highest BCUT2D eigenvalue weighted by Crippen LogP contribution is 2.21. The Morgan fingerprint density at radius 1 is 1.40 bits per heavy atom. The van der Waals surface area contributed by atoms with Crippen LogP contribution in [-0.4, -0.2) is 41.1 Å². The third-order valence-electron chi connectivity index (χ3n) is 3.83. The summed E-state index contributed by atoms with van der Waals surface area (Å²) in [6, 6.07) is 4.58. The van der Waals surface area contributed by atoms with E-state index in [0.29, 0.717) is 6.04 Å². The van der Waals surface area contributed by atoms with Gasteiger partial charge in [0.2, 0.25) is 0 Å². The van der Waals surface area contributed by atoms with Crippen LogP contribution >= 0.6 is 0 Å². The van der Waals surface area contributed by atoms with Crippen molar-refractivity contribution in [3.63, 3.8) is 0 Å². The average molecular weight is 280 g/mol. The Hall–Kier alpha value is -1.62. The number of likely N-dealkylation sites (tertiary alicyclic amines) is 1. The maximum Gasteiger partial charge on any atom is 0.335 e. The highest BCUT2D eigenvalue weighted by atomic mass is 19.1. The second-order valence-electron chi connectivity index (χ2n) is 5.55. The van der Waals surface area contributed by atoms with Crippen molar-refractivity contribution in [1.82, 2.24) is 4.90 Å². The molecule has 2 rings (SSSR count). The van der Waals surface area contributed by atoms with Crippen LogP contribution in [0.5, 0.6) is 0 Å². The summed E-state index contributed by atoms with van der Waals surface area (Å²) < 4.78 is 13.7. The van der Waals surface area contributed by atoms with Gasteiger partial charge in [0.05, 0.1) is 11.3 Å². The number of nitrogens with zero attached hydrogens (tertiary/aromatic N) is 1. The van der Waals surface area contributed by atoms with E-state index >= 15 is 0 Å². The SMILES string of the molecule is CC(C)N1CCC(Nc2cc(C(=O)O)ccc2F)CC1. The van der Waals surface area contributed by atoms with Crippen LogP contribution in [-0.2, 0) is 0 Å². The second kappa shape index (κ2) is 6.22. The maximum atomic E-state index is 13.7. The average Bonchev–Trinajstić information content (AvgIpc) is 2.41. The fourth-order valence-electron chi connectivity index (χ4n) is 2.55. The summed E-state index contributed by atoms with van der Waals surface area (Å²) in [5.41, 5.74) is 0.390. The first kappa shape index (κ1) is 14.8. The van der Waals surface area contributed by atoms with Crippen LogP contribution in [0.1, 0.15) is 37.0 Å². The van der Waals surface area contributed by atoms with Gasteiger partial charge in [0, 0.05) is 25.2 Å². The maximum absolute atomic E-state index is 13.7. The summed E-state index contributed by atoms with van der Waals surface area (Å²) in [6.07, 6.45) is 1.88. The van der Waals surface area contributed by atoms with Gasteiger partial charge < -0.3 is 15.3 Å². The first-order valence-corrected chi connectivity index (χ1v) is 7.01. The molecular formula is C15H21FN2O2. The van der Waals surface area contributed by atoms with Crippen molar-refractivity contribution in [2.45, 2.75) is 38.8 Å². The quantitative estimate of drug-likeness (QED) is 0.890. The number of halogens is 1. The number of nitrogens with one attached hydrogen (secondary N) is 1. The van der Waals surface area contributed by atoms with E-state index < -0.39 is 11.8 Å². The molecule has 0 bridgehead atoms. The lowest BCUT2D eigenvalue weighted by Crippen LogP contribution is -2.42. The van der Waals surface area contributed by atoms with Crippen LogP contribution in [0.4, 0.5) is 10.1 Å². The molecule has 0 radical (unpaired) electrons. The molecule has 0 aromatic heterocycles. The van der Waals surface area contributed by atoms with Gasteiger partial charge in [0.25, 0.3) is 0 Å². The summed E-state index contributed by atoms with van der Waals surface area (Å²) >= 11 is 0. The number of benzene rings is 1. The van der Waals surface area contributed by atoms with Gasteiger partial charge in [-0.15, -0.1) is 0 Å². The number of aromatic carboxylic acids is 1. The Balaban J connectivity index is 2.00. The smallest absolute Gasteiger partial charge is 0.335 e. The Morgan fingerprint density at radius 3 is 2.60 bits per heavy atom. The minimum absolute atomic E-state index is 0.105. The minimum Gasteiger partial charge on any atom is -0.478 e. The third kappa shape index (κ3) is 3.48. The molecular weight excluding hydrogens is 259 g/mol. The molecule has 0 amide bonds. The fourth-order valence-corrected chi connectivity index (χ4v) is 2.55. The van der Waals surface area contributed by atoms with E-state index in [4.69, 9.17) is 5.11 Å². The van der Waals surface area contributed by atoms with Crippen molar-refractivity contribution in [2.24, 2.45) is 0 Å². The van der Waals surface area contributed by atoms with Crippen molar-refractivity contribution in [3.8, 4) is 0 Å². The first-order valence-electron chi connectivity index (χ1n) is 7.01. The van der Waals surface area contributed by atoms with Gasteiger partial charge in [-0.1, -0.05) is 0 Å². The molecule has 20 heavy (non-hydrogen) atoms. The molecule has 2 N–H and O–H groups in total. The molecule has 0 atom stereocenters. The molecule has 0 spiro atoms. The zero-order valence-electron chi connectivity index (χ0n) is 11.9. The van der Waals surface area contributed by atoms with E-state index in [0.717, 1.165) is 25.9 Å². The van der Waals surface area contributed by atoms with E-state index in [1.165, 1.54) is 18.2 Å². The highest BCUT2D eigenvalue weighted by Gasteiger charge is 2.21. The first-order chi connectivity index (χ1) is 9.47. The van der Waals surface area contributed by atoms with Crippen molar-refractivity contribution in [2.75, 3.05) is 18.4 Å². The number of carboxylic acid groups (broad SMARTS) is 1. The van der Waals surface area contributed by atoms with Gasteiger partial charge in [0.15, 0.2) is 0 Å². The predicted octanol–water partition coefficient (Wildman–Crippen LogP) is 2.81. The molecule has 0 saturated carbocycles. The third-order valence-corrected chi connectivity index (χ3v) is 3.83. The lowest BCUT2D eigenvalue weighted by Gasteiger charge is -2.35. The number of piperidine rings is 1. The minimum atomic E-state index is -1.04. The molecule has 5 heteroatoms. The van der Waals surface area contributed by atoms with E-state index in [1.54, 1.807) is 0 Å². The Labute approximate surface area is 118 Å². The van der Waals surface area contributed by atoms with Crippen LogP contribution in [0.25, 0.3) is 0 Å². The van der Waals surface area contributed by atoms with Crippen LogP contribution in [0.15, 0.2) is 18.2 Å². The largest absolute Gasteiger partial charge is 0.478 e. The molecule has 0 unspecified atom stereocenters. The molecule has 1 heterocycles. The predicted molar refractivity (Wildman–Crippen MR) is 76.7 cm³/mol. The summed E-state index contributed by atoms with van der Waals surface area (Å²) in [4.78, 5) is 13.3.